The molecule has 0 saturated heterocycles. The highest BCUT2D eigenvalue weighted by Crippen LogP contribution is 2.12. The van der Waals surface area contributed by atoms with Crippen LogP contribution in [0.1, 0.15) is 17.3 Å². The average Bonchev–Trinajstić information content (AvgIpc) is 3.18. The zero-order valence-electron chi connectivity index (χ0n) is 15.6. The summed E-state index contributed by atoms with van der Waals surface area (Å²) in [6, 6.07) is 7.25. The molecule has 0 spiro atoms. The van der Waals surface area contributed by atoms with Crippen molar-refractivity contribution in [3.8, 4) is 0 Å². The Hall–Kier alpha value is -3.40. The summed E-state index contributed by atoms with van der Waals surface area (Å²) in [7, 11) is 1.50. The van der Waals surface area contributed by atoms with Crippen molar-refractivity contribution in [2.75, 3.05) is 44.0 Å². The largest absolute Gasteiger partial charge is 0.462 e. The molecule has 0 aliphatic carbocycles. The Labute approximate surface area is 161 Å². The van der Waals surface area contributed by atoms with Crippen LogP contribution in [0.4, 0.5) is 16.3 Å². The Morgan fingerprint density at radius 3 is 2.50 bits per heavy atom. The quantitative estimate of drug-likeness (QED) is 0.628. The third-order valence-electron chi connectivity index (χ3n) is 3.54. The van der Waals surface area contributed by atoms with Gasteiger partial charge in [0.15, 0.2) is 5.82 Å². The summed E-state index contributed by atoms with van der Waals surface area (Å²) in [6.45, 7) is 2.26. The number of carbonyl (C=O) groups is 3. The number of carbonyl (C=O) groups excluding carboxylic acids is 3. The third-order valence-corrected chi connectivity index (χ3v) is 3.54. The van der Waals surface area contributed by atoms with Gasteiger partial charge in [0.2, 0.25) is 5.91 Å². The zero-order valence-corrected chi connectivity index (χ0v) is 15.6. The first kappa shape index (κ1) is 20.9. The van der Waals surface area contributed by atoms with E-state index in [-0.39, 0.29) is 32.1 Å². The second-order valence-electron chi connectivity index (χ2n) is 5.58. The predicted molar refractivity (Wildman–Crippen MR) is 100.0 cm³/mol. The van der Waals surface area contributed by atoms with Gasteiger partial charge in [-0.25, -0.2) is 9.59 Å². The molecule has 2 N–H and O–H groups in total. The van der Waals surface area contributed by atoms with Crippen molar-refractivity contribution >= 4 is 29.4 Å². The van der Waals surface area contributed by atoms with E-state index in [2.05, 4.69) is 20.3 Å². The molecule has 0 radical (unpaired) electrons. The van der Waals surface area contributed by atoms with Crippen molar-refractivity contribution in [2.24, 2.45) is 0 Å². The minimum absolute atomic E-state index is 0.204. The van der Waals surface area contributed by atoms with Gasteiger partial charge < -0.3 is 29.5 Å². The number of hydrogen-bond acceptors (Lipinski definition) is 7. The molecule has 1 heterocycles. The van der Waals surface area contributed by atoms with E-state index in [1.54, 1.807) is 31.2 Å². The second kappa shape index (κ2) is 10.7. The Morgan fingerprint density at radius 1 is 1.14 bits per heavy atom. The molecule has 10 heteroatoms. The van der Waals surface area contributed by atoms with Gasteiger partial charge >= 0.3 is 12.0 Å². The fraction of sp³-hybridized carbons (Fsp3) is 0.333. The number of hydrogen-bond donors (Lipinski definition) is 2. The van der Waals surface area contributed by atoms with Crippen LogP contribution in [0.25, 0.3) is 0 Å². The maximum absolute atomic E-state index is 12.5. The van der Waals surface area contributed by atoms with E-state index < -0.39 is 17.9 Å². The van der Waals surface area contributed by atoms with E-state index in [4.69, 9.17) is 9.47 Å². The average molecular weight is 390 g/mol. The highest BCUT2D eigenvalue weighted by molar-refractivity contribution is 5.97. The number of amides is 3. The van der Waals surface area contributed by atoms with Gasteiger partial charge in [-0.3, -0.25) is 4.79 Å². The maximum atomic E-state index is 12.5. The number of rotatable bonds is 9. The molecule has 0 fully saturated rings. The summed E-state index contributed by atoms with van der Waals surface area (Å²) in [5.74, 6) is -0.615. The molecule has 0 atom stereocenters. The number of benzene rings is 1. The van der Waals surface area contributed by atoms with E-state index in [9.17, 15) is 14.4 Å². The van der Waals surface area contributed by atoms with Crippen LogP contribution in [0.3, 0.4) is 0 Å². The molecule has 0 bridgehead atoms. The van der Waals surface area contributed by atoms with Crippen LogP contribution in [0.15, 0.2) is 41.1 Å². The fourth-order valence-corrected chi connectivity index (χ4v) is 2.19. The van der Waals surface area contributed by atoms with Gasteiger partial charge in [-0.2, -0.15) is 0 Å². The molecule has 150 valence electrons. The summed E-state index contributed by atoms with van der Waals surface area (Å²) in [6.07, 6.45) is 1.32. The van der Waals surface area contributed by atoms with Crippen LogP contribution in [-0.2, 0) is 14.3 Å². The first-order valence-corrected chi connectivity index (χ1v) is 8.55. The number of aromatic nitrogens is 1. The Kier molecular flexibility index (Phi) is 7.97. The molecule has 2 rings (SSSR count). The van der Waals surface area contributed by atoms with Crippen LogP contribution < -0.4 is 10.6 Å². The predicted octanol–water partition coefficient (Wildman–Crippen LogP) is 1.97. The standard InChI is InChI=1S/C18H22N4O6/c1-3-27-17(24)13-4-6-14(7-5-13)19-18(25)22(9-11-26-2)12-16(23)20-15-8-10-28-21-15/h4-8,10H,3,9,11-12H2,1-2H3,(H,19,25)(H,20,21,23). The van der Waals surface area contributed by atoms with E-state index in [1.165, 1.54) is 24.3 Å². The van der Waals surface area contributed by atoms with Crippen molar-refractivity contribution in [1.29, 1.82) is 0 Å². The summed E-state index contributed by atoms with van der Waals surface area (Å²) in [4.78, 5) is 37.6. The van der Waals surface area contributed by atoms with E-state index >= 15 is 0 Å². The van der Waals surface area contributed by atoms with Crippen LogP contribution in [0, 0.1) is 0 Å². The topological polar surface area (TPSA) is 123 Å². The molecule has 1 aromatic carbocycles. The smallest absolute Gasteiger partial charge is 0.338 e. The molecule has 0 aliphatic rings. The van der Waals surface area contributed by atoms with Gasteiger partial charge in [0.25, 0.3) is 0 Å². The van der Waals surface area contributed by atoms with Crippen molar-refractivity contribution < 1.29 is 28.4 Å². The van der Waals surface area contributed by atoms with E-state index in [1.807, 2.05) is 0 Å². The summed E-state index contributed by atoms with van der Waals surface area (Å²) in [5.41, 5.74) is 0.848. The number of nitrogens with zero attached hydrogens (tertiary/aromatic N) is 2. The first-order chi connectivity index (χ1) is 13.5. The summed E-state index contributed by atoms with van der Waals surface area (Å²) in [5, 5.41) is 8.79. The van der Waals surface area contributed by atoms with Crippen LogP contribution in [0.5, 0.6) is 0 Å². The van der Waals surface area contributed by atoms with Crippen molar-refractivity contribution in [2.45, 2.75) is 6.92 Å². The highest BCUT2D eigenvalue weighted by Gasteiger charge is 2.18. The second-order valence-corrected chi connectivity index (χ2v) is 5.58. The van der Waals surface area contributed by atoms with E-state index in [0.29, 0.717) is 11.3 Å². The summed E-state index contributed by atoms with van der Waals surface area (Å²) >= 11 is 0. The number of ether oxygens (including phenoxy) is 2. The minimum atomic E-state index is -0.490. The van der Waals surface area contributed by atoms with Crippen LogP contribution in [0.2, 0.25) is 0 Å². The number of esters is 1. The maximum Gasteiger partial charge on any atom is 0.338 e. The fourth-order valence-electron chi connectivity index (χ4n) is 2.19. The highest BCUT2D eigenvalue weighted by atomic mass is 16.5. The summed E-state index contributed by atoms with van der Waals surface area (Å²) < 4.78 is 14.5. The molecule has 28 heavy (non-hydrogen) atoms. The van der Waals surface area contributed by atoms with Gasteiger partial charge in [-0.1, -0.05) is 5.16 Å². The molecule has 2 aromatic rings. The molecule has 3 amide bonds. The molecule has 10 nitrogen and oxygen atoms in total. The van der Waals surface area contributed by atoms with Crippen LogP contribution >= 0.6 is 0 Å². The van der Waals surface area contributed by atoms with Crippen LogP contribution in [-0.4, -0.2) is 61.4 Å². The van der Waals surface area contributed by atoms with Gasteiger partial charge in [0, 0.05) is 25.4 Å². The Balaban J connectivity index is 1.97. The Bertz CT molecular complexity index is 776. The lowest BCUT2D eigenvalue weighted by Gasteiger charge is -2.22. The van der Waals surface area contributed by atoms with Crippen molar-refractivity contribution in [3.63, 3.8) is 0 Å². The van der Waals surface area contributed by atoms with Crippen molar-refractivity contribution in [3.05, 3.63) is 42.2 Å². The molecule has 0 unspecified atom stereocenters. The molecular formula is C18H22N4O6. The molecule has 1 aromatic heterocycles. The first-order valence-electron chi connectivity index (χ1n) is 8.55. The van der Waals surface area contributed by atoms with Crippen molar-refractivity contribution in [1.82, 2.24) is 10.1 Å². The third kappa shape index (κ3) is 6.40. The lowest BCUT2D eigenvalue weighted by Crippen LogP contribution is -2.42. The SMILES string of the molecule is CCOC(=O)c1ccc(NC(=O)N(CCOC)CC(=O)Nc2ccon2)cc1. The molecule has 0 saturated carbocycles. The zero-order chi connectivity index (χ0) is 20.4. The monoisotopic (exact) mass is 390 g/mol. The van der Waals surface area contributed by atoms with Gasteiger partial charge in [-0.15, -0.1) is 0 Å². The van der Waals surface area contributed by atoms with Gasteiger partial charge in [0.05, 0.1) is 18.8 Å². The van der Waals surface area contributed by atoms with Gasteiger partial charge in [-0.05, 0) is 31.2 Å². The normalized spacial score (nSPS) is 10.2. The number of anilines is 2. The number of urea groups is 1. The lowest BCUT2D eigenvalue weighted by molar-refractivity contribution is -0.116. The lowest BCUT2D eigenvalue weighted by atomic mass is 10.2. The Morgan fingerprint density at radius 2 is 1.89 bits per heavy atom. The number of methoxy groups -OCH3 is 1. The minimum Gasteiger partial charge on any atom is -0.462 e. The molecule has 0 aliphatic heterocycles. The molecular weight excluding hydrogens is 368 g/mol. The van der Waals surface area contributed by atoms with E-state index in [0.717, 1.165) is 0 Å². The van der Waals surface area contributed by atoms with Gasteiger partial charge in [0.1, 0.15) is 12.8 Å². The number of nitrogens with one attached hydrogen (secondary N) is 2.